The van der Waals surface area contributed by atoms with Gasteiger partial charge in [0.25, 0.3) is 0 Å². The van der Waals surface area contributed by atoms with Crippen LogP contribution in [0.4, 0.5) is 20.8 Å². The lowest BCUT2D eigenvalue weighted by atomic mass is 10.1. The van der Waals surface area contributed by atoms with Gasteiger partial charge in [0, 0.05) is 25.0 Å². The van der Waals surface area contributed by atoms with Crippen LogP contribution in [-0.4, -0.2) is 37.9 Å². The highest BCUT2D eigenvalue weighted by Gasteiger charge is 2.22. The van der Waals surface area contributed by atoms with Crippen LogP contribution in [-0.2, 0) is 0 Å². The molecule has 0 bridgehead atoms. The van der Waals surface area contributed by atoms with Crippen molar-refractivity contribution in [2.75, 3.05) is 12.4 Å². The van der Waals surface area contributed by atoms with E-state index in [4.69, 9.17) is 0 Å². The molecule has 29 heavy (non-hydrogen) atoms. The molecule has 1 unspecified atom stereocenters. The first-order valence-electron chi connectivity index (χ1n) is 8.91. The number of aryl methyl sites for hydroxylation is 1. The molecule has 0 saturated heterocycles. The van der Waals surface area contributed by atoms with Gasteiger partial charge in [-0.25, -0.2) is 18.7 Å². The van der Waals surface area contributed by atoms with Crippen molar-refractivity contribution >= 4 is 23.2 Å². The fraction of sp³-hybridized carbons (Fsp3) is 0.158. The van der Waals surface area contributed by atoms with Crippen molar-refractivity contribution < 1.29 is 9.18 Å². The Kier molecular flexibility index (Phi) is 4.82. The number of amides is 2. The zero-order chi connectivity index (χ0) is 20.4. The van der Waals surface area contributed by atoms with Gasteiger partial charge in [0.2, 0.25) is 0 Å². The maximum Gasteiger partial charge on any atom is 0.315 e. The van der Waals surface area contributed by atoms with Crippen LogP contribution < -0.4 is 16.0 Å². The number of hydrogen-bond donors (Lipinski definition) is 4. The summed E-state index contributed by atoms with van der Waals surface area (Å²) in [5.74, 6) is 1.09. The van der Waals surface area contributed by atoms with Crippen molar-refractivity contribution in [2.24, 2.45) is 0 Å². The number of fused-ring (bicyclic) bond motifs is 1. The molecular formula is C19H19FN8O. The fourth-order valence-corrected chi connectivity index (χ4v) is 2.92. The van der Waals surface area contributed by atoms with Gasteiger partial charge in [0.05, 0.1) is 0 Å². The standard InChI is InChI=1S/C19H19FN8O/c1-11-10-15(26-25-11)22-17-14-4-3-9-28(14)27-18(24-17)16(23-19(29)21-2)12-5-7-13(20)8-6-12/h3-10,16H,1-2H3,(H2,21,23,29)(H2,22,24,25,26,27). The number of H-pyrrole nitrogens is 1. The second-order valence-electron chi connectivity index (χ2n) is 6.43. The predicted molar refractivity (Wildman–Crippen MR) is 105 cm³/mol. The molecule has 0 spiro atoms. The number of nitrogens with zero attached hydrogens (tertiary/aromatic N) is 4. The first-order valence-corrected chi connectivity index (χ1v) is 8.91. The first kappa shape index (κ1) is 18.4. The molecule has 0 aliphatic heterocycles. The highest BCUT2D eigenvalue weighted by molar-refractivity contribution is 5.75. The number of benzene rings is 1. The van der Waals surface area contributed by atoms with Gasteiger partial charge < -0.3 is 16.0 Å². The van der Waals surface area contributed by atoms with E-state index in [0.29, 0.717) is 23.0 Å². The van der Waals surface area contributed by atoms with Gasteiger partial charge >= 0.3 is 6.03 Å². The fourth-order valence-electron chi connectivity index (χ4n) is 2.92. The lowest BCUT2D eigenvalue weighted by Gasteiger charge is -2.19. The van der Waals surface area contributed by atoms with E-state index in [-0.39, 0.29) is 5.82 Å². The lowest BCUT2D eigenvalue weighted by molar-refractivity contribution is 0.240. The summed E-state index contributed by atoms with van der Waals surface area (Å²) in [5.41, 5.74) is 2.29. The lowest BCUT2D eigenvalue weighted by Crippen LogP contribution is -2.37. The van der Waals surface area contributed by atoms with Crippen LogP contribution in [0.1, 0.15) is 23.1 Å². The number of urea groups is 1. The Morgan fingerprint density at radius 1 is 1.24 bits per heavy atom. The van der Waals surface area contributed by atoms with Crippen LogP contribution in [0.3, 0.4) is 0 Å². The minimum atomic E-state index is -0.691. The summed E-state index contributed by atoms with van der Waals surface area (Å²) in [4.78, 5) is 16.7. The molecule has 0 fully saturated rings. The highest BCUT2D eigenvalue weighted by Crippen LogP contribution is 2.24. The SMILES string of the molecule is CNC(=O)NC(c1ccc(F)cc1)c1nc(Nc2cc(C)[nH]n2)c2cccn2n1. The third kappa shape index (κ3) is 3.86. The summed E-state index contributed by atoms with van der Waals surface area (Å²) >= 11 is 0. The number of carbonyl (C=O) groups excluding carboxylic acids is 1. The van der Waals surface area contributed by atoms with Crippen LogP contribution in [0, 0.1) is 12.7 Å². The van der Waals surface area contributed by atoms with Gasteiger partial charge in [-0.1, -0.05) is 12.1 Å². The molecule has 10 heteroatoms. The second-order valence-corrected chi connectivity index (χ2v) is 6.43. The van der Waals surface area contributed by atoms with Crippen molar-refractivity contribution in [3.63, 3.8) is 0 Å². The van der Waals surface area contributed by atoms with Gasteiger partial charge in [0.1, 0.15) is 17.4 Å². The minimum Gasteiger partial charge on any atom is -0.341 e. The summed E-state index contributed by atoms with van der Waals surface area (Å²) < 4.78 is 15.1. The molecule has 4 rings (SSSR count). The number of halogens is 1. The molecule has 9 nitrogen and oxygen atoms in total. The number of aromatic amines is 1. The molecule has 0 aliphatic carbocycles. The molecule has 2 amide bonds. The average molecular weight is 394 g/mol. The Labute approximate surface area is 165 Å². The normalized spacial score (nSPS) is 12.0. The molecule has 0 aliphatic rings. The Hall–Kier alpha value is -3.95. The monoisotopic (exact) mass is 394 g/mol. The molecule has 0 radical (unpaired) electrons. The first-order chi connectivity index (χ1) is 14.0. The average Bonchev–Trinajstić information content (AvgIpc) is 3.35. The van der Waals surface area contributed by atoms with E-state index in [2.05, 4.69) is 36.2 Å². The minimum absolute atomic E-state index is 0.332. The predicted octanol–water partition coefficient (Wildman–Crippen LogP) is 2.66. The molecule has 3 heterocycles. The van der Waals surface area contributed by atoms with Crippen molar-refractivity contribution in [3.8, 4) is 0 Å². The van der Waals surface area contributed by atoms with E-state index in [1.807, 2.05) is 25.1 Å². The topological polar surface area (TPSA) is 112 Å². The maximum atomic E-state index is 13.4. The zero-order valence-corrected chi connectivity index (χ0v) is 15.8. The van der Waals surface area contributed by atoms with E-state index < -0.39 is 12.1 Å². The molecule has 4 aromatic rings. The van der Waals surface area contributed by atoms with E-state index >= 15 is 0 Å². The third-order valence-corrected chi connectivity index (χ3v) is 4.32. The molecule has 4 N–H and O–H groups in total. The third-order valence-electron chi connectivity index (χ3n) is 4.32. The molecule has 148 valence electrons. The molecule has 3 aromatic heterocycles. The van der Waals surface area contributed by atoms with E-state index in [0.717, 1.165) is 11.2 Å². The van der Waals surface area contributed by atoms with Crippen molar-refractivity contribution in [1.82, 2.24) is 35.4 Å². The highest BCUT2D eigenvalue weighted by atomic mass is 19.1. The smallest absolute Gasteiger partial charge is 0.315 e. The molecule has 0 saturated carbocycles. The number of aromatic nitrogens is 5. The summed E-state index contributed by atoms with van der Waals surface area (Å²) in [6, 6.07) is 10.3. The van der Waals surface area contributed by atoms with Gasteiger partial charge in [-0.2, -0.15) is 5.10 Å². The largest absolute Gasteiger partial charge is 0.341 e. The quantitative estimate of drug-likeness (QED) is 0.416. The summed E-state index contributed by atoms with van der Waals surface area (Å²) in [6.45, 7) is 1.90. The van der Waals surface area contributed by atoms with Gasteiger partial charge in [-0.3, -0.25) is 5.10 Å². The van der Waals surface area contributed by atoms with Crippen molar-refractivity contribution in [1.29, 1.82) is 0 Å². The number of carbonyl (C=O) groups is 1. The van der Waals surface area contributed by atoms with E-state index in [1.54, 1.807) is 22.8 Å². The van der Waals surface area contributed by atoms with Gasteiger partial charge in [-0.05, 0) is 36.8 Å². The van der Waals surface area contributed by atoms with Gasteiger partial charge in [-0.15, -0.1) is 5.10 Å². The van der Waals surface area contributed by atoms with Crippen molar-refractivity contribution in [2.45, 2.75) is 13.0 Å². The van der Waals surface area contributed by atoms with Crippen LogP contribution in [0.5, 0.6) is 0 Å². The second kappa shape index (κ2) is 7.58. The Morgan fingerprint density at radius 2 is 2.03 bits per heavy atom. The van der Waals surface area contributed by atoms with Gasteiger partial charge in [0.15, 0.2) is 17.5 Å². The van der Waals surface area contributed by atoms with Crippen LogP contribution in [0.15, 0.2) is 48.7 Å². The Morgan fingerprint density at radius 3 is 2.72 bits per heavy atom. The maximum absolute atomic E-state index is 13.4. The number of anilines is 2. The summed E-state index contributed by atoms with van der Waals surface area (Å²) in [5, 5.41) is 20.1. The Balaban J connectivity index is 1.80. The van der Waals surface area contributed by atoms with E-state index in [1.165, 1.54) is 19.2 Å². The molecule has 1 aromatic carbocycles. The summed E-state index contributed by atoms with van der Waals surface area (Å²) in [7, 11) is 1.51. The van der Waals surface area contributed by atoms with E-state index in [9.17, 15) is 9.18 Å². The van der Waals surface area contributed by atoms with Crippen LogP contribution in [0.25, 0.3) is 5.52 Å². The van der Waals surface area contributed by atoms with Crippen LogP contribution in [0.2, 0.25) is 0 Å². The summed E-state index contributed by atoms with van der Waals surface area (Å²) in [6.07, 6.45) is 1.78. The number of rotatable bonds is 5. The van der Waals surface area contributed by atoms with Crippen molar-refractivity contribution in [3.05, 3.63) is 71.6 Å². The number of nitrogens with one attached hydrogen (secondary N) is 4. The Bertz CT molecular complexity index is 1150. The molecular weight excluding hydrogens is 375 g/mol. The molecule has 1 atom stereocenters. The number of hydrogen-bond acceptors (Lipinski definition) is 5. The van der Waals surface area contributed by atoms with Crippen LogP contribution >= 0.6 is 0 Å². The zero-order valence-electron chi connectivity index (χ0n) is 15.8.